The second-order valence-electron chi connectivity index (χ2n) is 6.46. The van der Waals surface area contributed by atoms with Crippen molar-refractivity contribution in [2.45, 2.75) is 12.5 Å². The van der Waals surface area contributed by atoms with Crippen LogP contribution in [-0.4, -0.2) is 67.0 Å². The van der Waals surface area contributed by atoms with Gasteiger partial charge in [0.1, 0.15) is 5.69 Å². The van der Waals surface area contributed by atoms with Crippen LogP contribution in [0.5, 0.6) is 0 Å². The molecule has 4 rings (SSSR count). The summed E-state index contributed by atoms with van der Waals surface area (Å²) in [5, 5.41) is 3.76. The average molecular weight is 382 g/mol. The average Bonchev–Trinajstić information content (AvgIpc) is 3.25. The highest BCUT2D eigenvalue weighted by Crippen LogP contribution is 2.25. The molecule has 0 spiro atoms. The quantitative estimate of drug-likeness (QED) is 0.804. The molecule has 25 heavy (non-hydrogen) atoms. The van der Waals surface area contributed by atoms with E-state index in [2.05, 4.69) is 14.9 Å². The van der Waals surface area contributed by atoms with E-state index in [0.29, 0.717) is 30.5 Å². The molecule has 2 saturated heterocycles. The highest BCUT2D eigenvalue weighted by molar-refractivity contribution is 7.91. The Morgan fingerprint density at radius 1 is 1.24 bits per heavy atom. The summed E-state index contributed by atoms with van der Waals surface area (Å²) in [6.45, 7) is 2.97. The number of sulfone groups is 1. The van der Waals surface area contributed by atoms with Gasteiger partial charge in [-0.15, -0.1) is 0 Å². The molecule has 6 nitrogen and oxygen atoms in total. The van der Waals surface area contributed by atoms with Crippen molar-refractivity contribution in [2.75, 3.05) is 42.6 Å². The molecule has 4 heterocycles. The van der Waals surface area contributed by atoms with Crippen molar-refractivity contribution < 1.29 is 12.8 Å². The van der Waals surface area contributed by atoms with Crippen molar-refractivity contribution in [2.24, 2.45) is 0 Å². The first-order chi connectivity index (χ1) is 12.0. The zero-order chi connectivity index (χ0) is 17.4. The van der Waals surface area contributed by atoms with E-state index in [1.54, 1.807) is 0 Å². The van der Waals surface area contributed by atoms with Crippen molar-refractivity contribution in [3.63, 3.8) is 0 Å². The standard InChI is InChI=1S/C16H19FN4O2S2/c17-14-9-18-16(19-15(14)12-1-7-24-10-12)21-5-3-20(4-6-21)13-2-8-25(22,23)11-13/h1,7,9-10,13H,2-6,8,11H2. The van der Waals surface area contributed by atoms with E-state index < -0.39 is 15.7 Å². The molecule has 0 saturated carbocycles. The first-order valence-corrected chi connectivity index (χ1v) is 11.0. The molecule has 0 aliphatic carbocycles. The second-order valence-corrected chi connectivity index (χ2v) is 9.47. The fraction of sp³-hybridized carbons (Fsp3) is 0.500. The zero-order valence-electron chi connectivity index (χ0n) is 13.6. The fourth-order valence-electron chi connectivity index (χ4n) is 3.46. The third kappa shape index (κ3) is 3.54. The monoisotopic (exact) mass is 382 g/mol. The summed E-state index contributed by atoms with van der Waals surface area (Å²) in [4.78, 5) is 12.8. The Labute approximate surface area is 150 Å². The van der Waals surface area contributed by atoms with Crippen LogP contribution >= 0.6 is 11.3 Å². The van der Waals surface area contributed by atoms with Crippen molar-refractivity contribution in [3.8, 4) is 11.3 Å². The van der Waals surface area contributed by atoms with Crippen LogP contribution in [0, 0.1) is 5.82 Å². The highest BCUT2D eigenvalue weighted by atomic mass is 32.2. The number of aromatic nitrogens is 2. The van der Waals surface area contributed by atoms with Gasteiger partial charge >= 0.3 is 0 Å². The minimum atomic E-state index is -2.87. The van der Waals surface area contributed by atoms with Gasteiger partial charge in [0.2, 0.25) is 5.95 Å². The third-order valence-electron chi connectivity index (χ3n) is 4.85. The summed E-state index contributed by atoms with van der Waals surface area (Å²) in [6, 6.07) is 1.97. The molecule has 1 unspecified atom stereocenters. The second kappa shape index (κ2) is 6.62. The lowest BCUT2D eigenvalue weighted by molar-refractivity contribution is 0.200. The Morgan fingerprint density at radius 2 is 2.04 bits per heavy atom. The number of thiophene rings is 1. The molecule has 2 aliphatic rings. The predicted molar refractivity (Wildman–Crippen MR) is 96.1 cm³/mol. The van der Waals surface area contributed by atoms with Gasteiger partial charge in [-0.2, -0.15) is 11.3 Å². The van der Waals surface area contributed by atoms with Gasteiger partial charge in [0.25, 0.3) is 0 Å². The van der Waals surface area contributed by atoms with Crippen LogP contribution in [0.1, 0.15) is 6.42 Å². The van der Waals surface area contributed by atoms with Crippen LogP contribution in [0.25, 0.3) is 11.3 Å². The van der Waals surface area contributed by atoms with Crippen molar-refractivity contribution in [1.82, 2.24) is 14.9 Å². The maximum atomic E-state index is 14.0. The van der Waals surface area contributed by atoms with Crippen molar-refractivity contribution in [3.05, 3.63) is 28.8 Å². The Morgan fingerprint density at radius 3 is 2.68 bits per heavy atom. The molecular formula is C16H19FN4O2S2. The Balaban J connectivity index is 1.45. The Hall–Kier alpha value is -1.58. The van der Waals surface area contributed by atoms with Gasteiger partial charge < -0.3 is 4.90 Å². The van der Waals surface area contributed by atoms with Gasteiger partial charge in [-0.25, -0.2) is 22.8 Å². The van der Waals surface area contributed by atoms with Gasteiger partial charge in [-0.05, 0) is 17.9 Å². The zero-order valence-corrected chi connectivity index (χ0v) is 15.3. The number of anilines is 1. The first kappa shape index (κ1) is 16.9. The number of hydrogen-bond acceptors (Lipinski definition) is 7. The summed E-state index contributed by atoms with van der Waals surface area (Å²) in [6.07, 6.45) is 1.95. The number of halogens is 1. The molecule has 2 aliphatic heterocycles. The molecule has 0 N–H and O–H groups in total. The van der Waals surface area contributed by atoms with Crippen LogP contribution in [0.15, 0.2) is 23.0 Å². The summed E-state index contributed by atoms with van der Waals surface area (Å²) >= 11 is 1.50. The molecule has 9 heteroatoms. The smallest absolute Gasteiger partial charge is 0.226 e. The van der Waals surface area contributed by atoms with E-state index in [0.717, 1.165) is 25.1 Å². The lowest BCUT2D eigenvalue weighted by atomic mass is 10.2. The molecule has 0 radical (unpaired) electrons. The third-order valence-corrected chi connectivity index (χ3v) is 7.28. The van der Waals surface area contributed by atoms with Gasteiger partial charge in [-0.1, -0.05) is 0 Å². The van der Waals surface area contributed by atoms with E-state index in [4.69, 9.17) is 0 Å². The minimum Gasteiger partial charge on any atom is -0.338 e. The van der Waals surface area contributed by atoms with Crippen LogP contribution in [0.4, 0.5) is 10.3 Å². The lowest BCUT2D eigenvalue weighted by Gasteiger charge is -2.37. The summed E-state index contributed by atoms with van der Waals surface area (Å²) in [5.74, 6) is 0.670. The minimum absolute atomic E-state index is 0.127. The van der Waals surface area contributed by atoms with E-state index in [9.17, 15) is 12.8 Å². The molecule has 0 aromatic carbocycles. The number of piperazine rings is 1. The van der Waals surface area contributed by atoms with E-state index >= 15 is 0 Å². The van der Waals surface area contributed by atoms with Gasteiger partial charge in [-0.3, -0.25) is 4.90 Å². The van der Waals surface area contributed by atoms with Crippen molar-refractivity contribution >= 4 is 27.1 Å². The SMILES string of the molecule is O=S1(=O)CCC(N2CCN(c3ncc(F)c(-c4ccsc4)n3)CC2)C1. The topological polar surface area (TPSA) is 66.4 Å². The van der Waals surface area contributed by atoms with E-state index in [1.807, 2.05) is 21.7 Å². The number of nitrogens with zero attached hydrogens (tertiary/aromatic N) is 4. The molecule has 0 amide bonds. The van der Waals surface area contributed by atoms with Gasteiger partial charge in [0.15, 0.2) is 15.7 Å². The number of rotatable bonds is 3. The van der Waals surface area contributed by atoms with Gasteiger partial charge in [0.05, 0.1) is 17.7 Å². The molecular weight excluding hydrogens is 363 g/mol. The Bertz CT molecular complexity index is 849. The van der Waals surface area contributed by atoms with Gasteiger partial charge in [0, 0.05) is 43.2 Å². The maximum absolute atomic E-state index is 14.0. The molecule has 1 atom stereocenters. The molecule has 134 valence electrons. The summed E-state index contributed by atoms with van der Waals surface area (Å²) in [5.41, 5.74) is 1.09. The first-order valence-electron chi connectivity index (χ1n) is 8.26. The normalized spacial score (nSPS) is 23.9. The fourth-order valence-corrected chi connectivity index (χ4v) is 5.86. The van der Waals surface area contributed by atoms with E-state index in [-0.39, 0.29) is 11.8 Å². The lowest BCUT2D eigenvalue weighted by Crippen LogP contribution is -2.51. The summed E-state index contributed by atoms with van der Waals surface area (Å²) in [7, 11) is -2.87. The molecule has 2 aromatic rings. The largest absolute Gasteiger partial charge is 0.338 e. The summed E-state index contributed by atoms with van der Waals surface area (Å²) < 4.78 is 37.4. The van der Waals surface area contributed by atoms with Crippen LogP contribution in [-0.2, 0) is 9.84 Å². The maximum Gasteiger partial charge on any atom is 0.226 e. The van der Waals surface area contributed by atoms with Crippen LogP contribution in [0.2, 0.25) is 0 Å². The number of hydrogen-bond donors (Lipinski definition) is 0. The highest BCUT2D eigenvalue weighted by Gasteiger charge is 2.34. The molecule has 0 bridgehead atoms. The van der Waals surface area contributed by atoms with Crippen molar-refractivity contribution in [1.29, 1.82) is 0 Å². The molecule has 2 aromatic heterocycles. The predicted octanol–water partition coefficient (Wildman–Crippen LogP) is 1.65. The van der Waals surface area contributed by atoms with E-state index in [1.165, 1.54) is 17.5 Å². The Kier molecular flexibility index (Phi) is 4.47. The molecule has 2 fully saturated rings. The van der Waals surface area contributed by atoms with Crippen LogP contribution in [0.3, 0.4) is 0 Å². The van der Waals surface area contributed by atoms with Crippen LogP contribution < -0.4 is 4.90 Å².